The number of carbonyl (C=O) groups excluding carboxylic acids is 2. The number of nitrogens with one attached hydrogen (secondary N) is 3. The van der Waals surface area contributed by atoms with E-state index in [4.69, 9.17) is 5.11 Å². The monoisotopic (exact) mass is 357 g/mol. The van der Waals surface area contributed by atoms with Crippen molar-refractivity contribution in [3.63, 3.8) is 0 Å². The Kier molecular flexibility index (Phi) is 6.04. The summed E-state index contributed by atoms with van der Waals surface area (Å²) in [6, 6.07) is 5.71. The molecule has 0 aliphatic heterocycles. The average Bonchev–Trinajstić information content (AvgIpc) is 2.43. The summed E-state index contributed by atoms with van der Waals surface area (Å²) < 4.78 is 24.7. The predicted molar refractivity (Wildman–Crippen MR) is 87.1 cm³/mol. The lowest BCUT2D eigenvalue weighted by atomic mass is 10.1. The fourth-order valence-electron chi connectivity index (χ4n) is 1.76. The second-order valence-corrected chi connectivity index (χ2v) is 7.36. The van der Waals surface area contributed by atoms with Gasteiger partial charge in [0, 0.05) is 11.3 Å². The summed E-state index contributed by atoms with van der Waals surface area (Å²) in [6.45, 7) is 2.33. The number of hydrogen-bond acceptors (Lipinski definition) is 5. The second-order valence-electron chi connectivity index (χ2n) is 5.61. The molecule has 1 aromatic rings. The minimum absolute atomic E-state index is 0.225. The normalized spacial score (nSPS) is 11.6. The van der Waals surface area contributed by atoms with Gasteiger partial charge in [0.15, 0.2) is 0 Å². The smallest absolute Gasteiger partial charge is 0.322 e. The van der Waals surface area contributed by atoms with E-state index in [0.29, 0.717) is 5.69 Å². The van der Waals surface area contributed by atoms with E-state index in [2.05, 4.69) is 15.4 Å². The Morgan fingerprint density at radius 3 is 2.12 bits per heavy atom. The minimum atomic E-state index is -3.56. The number of benzene rings is 1. The second kappa shape index (κ2) is 7.41. The number of carboxylic acid groups (broad SMARTS) is 1. The fourth-order valence-corrected chi connectivity index (χ4v) is 2.78. The molecule has 9 nitrogen and oxygen atoms in total. The molecule has 0 aromatic heterocycles. The Labute approximate surface area is 139 Å². The molecule has 0 saturated heterocycles. The van der Waals surface area contributed by atoms with Crippen molar-refractivity contribution < 1.29 is 27.9 Å². The van der Waals surface area contributed by atoms with Crippen LogP contribution >= 0.6 is 0 Å². The van der Waals surface area contributed by atoms with Gasteiger partial charge in [0.1, 0.15) is 12.1 Å². The first-order chi connectivity index (χ1) is 10.9. The van der Waals surface area contributed by atoms with E-state index in [0.717, 1.165) is 6.26 Å². The lowest BCUT2D eigenvalue weighted by Crippen LogP contribution is -2.51. The summed E-state index contributed by atoms with van der Waals surface area (Å²) in [5.74, 6) is -2.29. The van der Waals surface area contributed by atoms with E-state index in [-0.39, 0.29) is 5.56 Å². The highest BCUT2D eigenvalue weighted by Crippen LogP contribution is 2.13. The highest BCUT2D eigenvalue weighted by atomic mass is 32.2. The van der Waals surface area contributed by atoms with Crippen LogP contribution in [-0.2, 0) is 19.6 Å². The summed E-state index contributed by atoms with van der Waals surface area (Å²) in [5.41, 5.74) is -0.772. The zero-order valence-electron chi connectivity index (χ0n) is 13.4. The first-order valence-electron chi connectivity index (χ1n) is 6.81. The van der Waals surface area contributed by atoms with Gasteiger partial charge in [0.25, 0.3) is 5.91 Å². The number of carbonyl (C=O) groups is 3. The standard InChI is InChI=1S/C14H19N3O6S/c1-14(2,17-24(3,22)23)13(21)16-10-6-4-9(5-7-10)12(20)15-8-11(18)19/h4-7,17H,8H2,1-3H3,(H,15,20)(H,16,21)(H,18,19). The topological polar surface area (TPSA) is 142 Å². The van der Waals surface area contributed by atoms with Crippen LogP contribution in [-0.4, -0.2) is 49.6 Å². The maximum absolute atomic E-state index is 12.1. The molecule has 4 N–H and O–H groups in total. The summed E-state index contributed by atoms with van der Waals surface area (Å²) in [5, 5.41) is 13.2. The summed E-state index contributed by atoms with van der Waals surface area (Å²) >= 11 is 0. The molecule has 1 aromatic carbocycles. The lowest BCUT2D eigenvalue weighted by Gasteiger charge is -2.23. The van der Waals surface area contributed by atoms with Crippen molar-refractivity contribution in [3.05, 3.63) is 29.8 Å². The summed E-state index contributed by atoms with van der Waals surface area (Å²) in [6.07, 6.45) is 0.951. The van der Waals surface area contributed by atoms with E-state index in [1.807, 2.05) is 0 Å². The fraction of sp³-hybridized carbons (Fsp3) is 0.357. The Bertz CT molecular complexity index is 740. The molecule has 132 valence electrons. The van der Waals surface area contributed by atoms with Crippen LogP contribution in [0, 0.1) is 0 Å². The number of anilines is 1. The number of aliphatic carboxylic acids is 1. The molecular formula is C14H19N3O6S. The van der Waals surface area contributed by atoms with Crippen LogP contribution in [0.15, 0.2) is 24.3 Å². The van der Waals surface area contributed by atoms with Gasteiger partial charge in [0.2, 0.25) is 15.9 Å². The van der Waals surface area contributed by atoms with Crippen molar-refractivity contribution in [3.8, 4) is 0 Å². The molecule has 0 unspecified atom stereocenters. The maximum atomic E-state index is 12.1. The summed E-state index contributed by atoms with van der Waals surface area (Å²) in [7, 11) is -3.56. The minimum Gasteiger partial charge on any atom is -0.480 e. The molecule has 1 rings (SSSR count). The van der Waals surface area contributed by atoms with Gasteiger partial charge in [-0.05, 0) is 38.1 Å². The molecule has 2 amide bonds. The highest BCUT2D eigenvalue weighted by Gasteiger charge is 2.30. The first kappa shape index (κ1) is 19.6. The molecular weight excluding hydrogens is 338 g/mol. The van der Waals surface area contributed by atoms with Gasteiger partial charge in [-0.1, -0.05) is 0 Å². The lowest BCUT2D eigenvalue weighted by molar-refractivity contribution is -0.135. The van der Waals surface area contributed by atoms with E-state index >= 15 is 0 Å². The molecule has 0 radical (unpaired) electrons. The van der Waals surface area contributed by atoms with Gasteiger partial charge in [-0.2, -0.15) is 0 Å². The zero-order valence-corrected chi connectivity index (χ0v) is 14.2. The van der Waals surface area contributed by atoms with Crippen molar-refractivity contribution >= 4 is 33.5 Å². The predicted octanol–water partition coefficient (Wildman–Crippen LogP) is -0.233. The molecule has 0 bridgehead atoms. The number of amides is 2. The van der Waals surface area contributed by atoms with E-state index in [1.54, 1.807) is 0 Å². The highest BCUT2D eigenvalue weighted by molar-refractivity contribution is 7.88. The van der Waals surface area contributed by atoms with Crippen LogP contribution in [0.2, 0.25) is 0 Å². The van der Waals surface area contributed by atoms with Crippen LogP contribution < -0.4 is 15.4 Å². The maximum Gasteiger partial charge on any atom is 0.322 e. The first-order valence-corrected chi connectivity index (χ1v) is 8.70. The van der Waals surface area contributed by atoms with Gasteiger partial charge in [-0.25, -0.2) is 13.1 Å². The Morgan fingerprint density at radius 1 is 1.12 bits per heavy atom. The zero-order chi connectivity index (χ0) is 18.5. The molecule has 0 aliphatic carbocycles. The molecule has 0 heterocycles. The van der Waals surface area contributed by atoms with Crippen LogP contribution in [0.25, 0.3) is 0 Å². The van der Waals surface area contributed by atoms with Crippen molar-refractivity contribution in [2.24, 2.45) is 0 Å². The number of carboxylic acids is 1. The third-order valence-corrected chi connectivity index (χ3v) is 3.69. The van der Waals surface area contributed by atoms with Gasteiger partial charge in [0.05, 0.1) is 6.26 Å². The number of rotatable bonds is 7. The average molecular weight is 357 g/mol. The Hall–Kier alpha value is -2.46. The quantitative estimate of drug-likeness (QED) is 0.531. The third kappa shape index (κ3) is 6.34. The van der Waals surface area contributed by atoms with E-state index in [1.165, 1.54) is 38.1 Å². The molecule has 10 heteroatoms. The SMILES string of the molecule is CC(C)(NS(C)(=O)=O)C(=O)Nc1ccc(C(=O)NCC(=O)O)cc1. The van der Waals surface area contributed by atoms with E-state index < -0.39 is 39.9 Å². The van der Waals surface area contributed by atoms with Crippen LogP contribution in [0.5, 0.6) is 0 Å². The van der Waals surface area contributed by atoms with Gasteiger partial charge in [-0.3, -0.25) is 14.4 Å². The van der Waals surface area contributed by atoms with E-state index in [9.17, 15) is 22.8 Å². The van der Waals surface area contributed by atoms with Gasteiger partial charge in [-0.15, -0.1) is 0 Å². The molecule has 0 atom stereocenters. The summed E-state index contributed by atoms with van der Waals surface area (Å²) in [4.78, 5) is 34.2. The van der Waals surface area contributed by atoms with Crippen LogP contribution in [0.1, 0.15) is 24.2 Å². The third-order valence-electron chi connectivity index (χ3n) is 2.81. The molecule has 0 fully saturated rings. The van der Waals surface area contributed by atoms with Crippen molar-refractivity contribution in [1.82, 2.24) is 10.0 Å². The van der Waals surface area contributed by atoms with Crippen molar-refractivity contribution in [1.29, 1.82) is 0 Å². The Morgan fingerprint density at radius 2 is 1.67 bits per heavy atom. The van der Waals surface area contributed by atoms with Gasteiger partial charge >= 0.3 is 5.97 Å². The molecule has 0 aliphatic rings. The number of hydrogen-bond donors (Lipinski definition) is 4. The molecule has 0 saturated carbocycles. The molecule has 24 heavy (non-hydrogen) atoms. The largest absolute Gasteiger partial charge is 0.480 e. The molecule has 0 spiro atoms. The van der Waals surface area contributed by atoms with Crippen LogP contribution in [0.3, 0.4) is 0 Å². The van der Waals surface area contributed by atoms with Crippen molar-refractivity contribution in [2.75, 3.05) is 18.1 Å². The van der Waals surface area contributed by atoms with Crippen molar-refractivity contribution in [2.45, 2.75) is 19.4 Å². The van der Waals surface area contributed by atoms with Crippen LogP contribution in [0.4, 0.5) is 5.69 Å². The Balaban J connectivity index is 2.75. The number of sulfonamides is 1. The van der Waals surface area contributed by atoms with Gasteiger partial charge < -0.3 is 15.7 Å².